The van der Waals surface area contributed by atoms with Crippen LogP contribution in [-0.4, -0.2) is 37.1 Å². The standard InChI is InChI=1S/C12H15BrO5S/c1-8(2)19(16,17)7-6-18-11-9(12(14)15)4-3-5-10(11)13/h3-5,8H,6-7H2,1-2H3,(H,14,15). The minimum Gasteiger partial charge on any atom is -0.490 e. The van der Waals surface area contributed by atoms with Crippen molar-refractivity contribution in [2.75, 3.05) is 12.4 Å². The van der Waals surface area contributed by atoms with E-state index >= 15 is 0 Å². The first-order chi connectivity index (χ1) is 8.75. The van der Waals surface area contributed by atoms with Crippen molar-refractivity contribution in [2.45, 2.75) is 19.1 Å². The molecule has 7 heteroatoms. The van der Waals surface area contributed by atoms with Gasteiger partial charge in [-0.25, -0.2) is 13.2 Å². The Morgan fingerprint density at radius 2 is 2.05 bits per heavy atom. The molecule has 1 rings (SSSR count). The number of rotatable bonds is 6. The third-order valence-electron chi connectivity index (χ3n) is 2.53. The van der Waals surface area contributed by atoms with Crippen LogP contribution in [-0.2, 0) is 9.84 Å². The first-order valence-electron chi connectivity index (χ1n) is 5.62. The number of carboxylic acids is 1. The summed E-state index contributed by atoms with van der Waals surface area (Å²) in [5, 5.41) is 8.54. The van der Waals surface area contributed by atoms with Gasteiger partial charge in [0.2, 0.25) is 0 Å². The molecule has 106 valence electrons. The summed E-state index contributed by atoms with van der Waals surface area (Å²) < 4.78 is 29.0. The van der Waals surface area contributed by atoms with Crippen LogP contribution in [0.5, 0.6) is 5.75 Å². The first-order valence-corrected chi connectivity index (χ1v) is 8.12. The lowest BCUT2D eigenvalue weighted by atomic mass is 10.2. The topological polar surface area (TPSA) is 80.7 Å². The summed E-state index contributed by atoms with van der Waals surface area (Å²) in [6.45, 7) is 3.11. The summed E-state index contributed by atoms with van der Waals surface area (Å²) in [5.41, 5.74) is -0.00341. The van der Waals surface area contributed by atoms with Gasteiger partial charge in [0.15, 0.2) is 9.84 Å². The van der Waals surface area contributed by atoms with Crippen molar-refractivity contribution in [1.82, 2.24) is 0 Å². The van der Waals surface area contributed by atoms with Crippen molar-refractivity contribution in [3.8, 4) is 5.75 Å². The van der Waals surface area contributed by atoms with Crippen LogP contribution in [0.25, 0.3) is 0 Å². The molecule has 1 aromatic carbocycles. The quantitative estimate of drug-likeness (QED) is 0.851. The highest BCUT2D eigenvalue weighted by Gasteiger charge is 2.18. The highest BCUT2D eigenvalue weighted by molar-refractivity contribution is 9.10. The van der Waals surface area contributed by atoms with Gasteiger partial charge in [-0.05, 0) is 41.9 Å². The van der Waals surface area contributed by atoms with Crippen molar-refractivity contribution < 1.29 is 23.1 Å². The van der Waals surface area contributed by atoms with E-state index in [0.717, 1.165) is 0 Å². The minimum atomic E-state index is -3.20. The third-order valence-corrected chi connectivity index (χ3v) is 5.33. The van der Waals surface area contributed by atoms with Crippen LogP contribution in [0.4, 0.5) is 0 Å². The highest BCUT2D eigenvalue weighted by atomic mass is 79.9. The molecule has 0 atom stereocenters. The number of aromatic carboxylic acids is 1. The molecule has 19 heavy (non-hydrogen) atoms. The van der Waals surface area contributed by atoms with E-state index < -0.39 is 21.1 Å². The molecule has 0 amide bonds. The summed E-state index contributed by atoms with van der Waals surface area (Å²) in [7, 11) is -3.20. The fourth-order valence-electron chi connectivity index (χ4n) is 1.32. The lowest BCUT2D eigenvalue weighted by Gasteiger charge is -2.12. The summed E-state index contributed by atoms with van der Waals surface area (Å²) in [5.74, 6) is -1.12. The van der Waals surface area contributed by atoms with E-state index in [0.29, 0.717) is 4.47 Å². The molecule has 0 bridgehead atoms. The summed E-state index contributed by atoms with van der Waals surface area (Å²) in [6.07, 6.45) is 0. The van der Waals surface area contributed by atoms with Crippen LogP contribution >= 0.6 is 15.9 Å². The Morgan fingerprint density at radius 1 is 1.42 bits per heavy atom. The third kappa shape index (κ3) is 4.21. The molecule has 0 aliphatic carbocycles. The average Bonchev–Trinajstić information content (AvgIpc) is 2.30. The smallest absolute Gasteiger partial charge is 0.339 e. The van der Waals surface area contributed by atoms with Gasteiger partial charge in [-0.3, -0.25) is 0 Å². The molecule has 1 aromatic rings. The maximum atomic E-state index is 11.6. The molecule has 0 aliphatic rings. The number of benzene rings is 1. The van der Waals surface area contributed by atoms with Crippen molar-refractivity contribution in [2.24, 2.45) is 0 Å². The van der Waals surface area contributed by atoms with E-state index in [4.69, 9.17) is 9.84 Å². The summed E-state index contributed by atoms with van der Waals surface area (Å²) in [4.78, 5) is 11.0. The molecule has 0 heterocycles. The Labute approximate surface area is 120 Å². The number of carbonyl (C=O) groups is 1. The largest absolute Gasteiger partial charge is 0.490 e. The lowest BCUT2D eigenvalue weighted by molar-refractivity contribution is 0.0692. The van der Waals surface area contributed by atoms with Crippen molar-refractivity contribution in [1.29, 1.82) is 0 Å². The molecule has 0 unspecified atom stereocenters. The van der Waals surface area contributed by atoms with Crippen LogP contribution in [0.2, 0.25) is 0 Å². The second kappa shape index (κ2) is 6.38. The van der Waals surface area contributed by atoms with Gasteiger partial charge in [-0.15, -0.1) is 0 Å². The Balaban J connectivity index is 2.82. The van der Waals surface area contributed by atoms with E-state index in [1.165, 1.54) is 6.07 Å². The monoisotopic (exact) mass is 350 g/mol. The second-order valence-corrected chi connectivity index (χ2v) is 7.72. The zero-order valence-electron chi connectivity index (χ0n) is 10.6. The number of ether oxygens (including phenoxy) is 1. The molecule has 0 saturated heterocycles. The Hall–Kier alpha value is -1.08. The lowest BCUT2D eigenvalue weighted by Crippen LogP contribution is -2.22. The Kier molecular flexibility index (Phi) is 5.37. The Morgan fingerprint density at radius 3 is 2.58 bits per heavy atom. The van der Waals surface area contributed by atoms with Gasteiger partial charge in [0.1, 0.15) is 17.9 Å². The fraction of sp³-hybridized carbons (Fsp3) is 0.417. The van der Waals surface area contributed by atoms with Crippen LogP contribution in [0.3, 0.4) is 0 Å². The predicted octanol–water partition coefficient (Wildman–Crippen LogP) is 2.35. The van der Waals surface area contributed by atoms with Crippen molar-refractivity contribution in [3.05, 3.63) is 28.2 Å². The molecule has 0 fully saturated rings. The number of halogens is 1. The maximum absolute atomic E-state index is 11.6. The van der Waals surface area contributed by atoms with Crippen LogP contribution < -0.4 is 4.74 Å². The van der Waals surface area contributed by atoms with Crippen molar-refractivity contribution in [3.63, 3.8) is 0 Å². The molecule has 0 aliphatic heterocycles. The molecular formula is C12H15BrO5S. The molecular weight excluding hydrogens is 336 g/mol. The van der Waals surface area contributed by atoms with Crippen LogP contribution in [0.15, 0.2) is 22.7 Å². The van der Waals surface area contributed by atoms with Gasteiger partial charge in [0, 0.05) is 0 Å². The number of hydrogen-bond donors (Lipinski definition) is 1. The van der Waals surface area contributed by atoms with Gasteiger partial charge < -0.3 is 9.84 Å². The first kappa shape index (κ1) is 16.0. The number of carboxylic acid groups (broad SMARTS) is 1. The Bertz CT molecular complexity index is 565. The molecule has 0 aromatic heterocycles. The van der Waals surface area contributed by atoms with E-state index in [2.05, 4.69) is 15.9 Å². The number of para-hydroxylation sites is 1. The van der Waals surface area contributed by atoms with E-state index in [-0.39, 0.29) is 23.7 Å². The van der Waals surface area contributed by atoms with Gasteiger partial charge in [0.05, 0.1) is 15.5 Å². The molecule has 0 radical (unpaired) electrons. The molecule has 1 N–H and O–H groups in total. The number of sulfone groups is 1. The van der Waals surface area contributed by atoms with Crippen LogP contribution in [0.1, 0.15) is 24.2 Å². The van der Waals surface area contributed by atoms with E-state index in [1.807, 2.05) is 0 Å². The van der Waals surface area contributed by atoms with E-state index in [9.17, 15) is 13.2 Å². The van der Waals surface area contributed by atoms with E-state index in [1.54, 1.807) is 26.0 Å². The fourth-order valence-corrected chi connectivity index (χ4v) is 2.59. The normalized spacial score (nSPS) is 11.6. The average molecular weight is 351 g/mol. The van der Waals surface area contributed by atoms with Gasteiger partial charge in [-0.1, -0.05) is 6.07 Å². The van der Waals surface area contributed by atoms with Crippen molar-refractivity contribution >= 4 is 31.7 Å². The zero-order valence-corrected chi connectivity index (χ0v) is 13.0. The molecule has 0 spiro atoms. The molecule has 5 nitrogen and oxygen atoms in total. The van der Waals surface area contributed by atoms with Gasteiger partial charge in [0.25, 0.3) is 0 Å². The van der Waals surface area contributed by atoms with Gasteiger partial charge >= 0.3 is 5.97 Å². The zero-order chi connectivity index (χ0) is 14.6. The molecule has 0 saturated carbocycles. The summed E-state index contributed by atoms with van der Waals surface area (Å²) in [6, 6.07) is 4.61. The SMILES string of the molecule is CC(C)S(=O)(=O)CCOc1c(Br)cccc1C(=O)O. The highest BCUT2D eigenvalue weighted by Crippen LogP contribution is 2.29. The minimum absolute atomic E-state index is 0.00341. The second-order valence-electron chi connectivity index (χ2n) is 4.19. The van der Waals surface area contributed by atoms with Crippen LogP contribution in [0, 0.1) is 0 Å². The van der Waals surface area contributed by atoms with Gasteiger partial charge in [-0.2, -0.15) is 0 Å². The number of hydrogen-bond acceptors (Lipinski definition) is 4. The summed E-state index contributed by atoms with van der Waals surface area (Å²) >= 11 is 3.19. The maximum Gasteiger partial charge on any atom is 0.339 e. The predicted molar refractivity (Wildman–Crippen MR) is 75.5 cm³/mol.